The van der Waals surface area contributed by atoms with Crippen molar-refractivity contribution >= 4 is 28.4 Å². The van der Waals surface area contributed by atoms with Crippen LogP contribution in [0, 0.1) is 13.8 Å². The molecule has 0 bridgehead atoms. The molecule has 3 heterocycles. The molecule has 6 nitrogen and oxygen atoms in total. The van der Waals surface area contributed by atoms with Crippen LogP contribution in [0.3, 0.4) is 0 Å². The first-order valence-electron chi connectivity index (χ1n) is 9.18. The van der Waals surface area contributed by atoms with Crippen LogP contribution in [-0.4, -0.2) is 22.9 Å². The molecule has 3 aromatic rings. The molecule has 0 atom stereocenters. The minimum Gasteiger partial charge on any atom is -0.465 e. The number of nitrogens with one attached hydrogen (secondary N) is 1. The molecule has 6 heteroatoms. The summed E-state index contributed by atoms with van der Waals surface area (Å²) in [5, 5.41) is 3.87. The number of benzene rings is 1. The molecule has 0 unspecified atom stereocenters. The molecular formula is C21H23N3O3. The van der Waals surface area contributed by atoms with E-state index in [1.165, 1.54) is 0 Å². The number of hydrogen-bond acceptors (Lipinski definition) is 3. The second-order valence-electron chi connectivity index (χ2n) is 7.12. The molecule has 4 rings (SSSR count). The van der Waals surface area contributed by atoms with Crippen LogP contribution >= 0.6 is 0 Å². The van der Waals surface area contributed by atoms with Gasteiger partial charge >= 0.3 is 0 Å². The monoisotopic (exact) mass is 365 g/mol. The van der Waals surface area contributed by atoms with Gasteiger partial charge in [0, 0.05) is 25.4 Å². The Morgan fingerprint density at radius 2 is 2.04 bits per heavy atom. The van der Waals surface area contributed by atoms with E-state index in [0.717, 1.165) is 28.6 Å². The largest absolute Gasteiger partial charge is 0.465 e. The molecule has 2 aromatic heterocycles. The van der Waals surface area contributed by atoms with Crippen LogP contribution < -0.4 is 10.2 Å². The number of furan rings is 1. The Morgan fingerprint density at radius 1 is 1.22 bits per heavy atom. The summed E-state index contributed by atoms with van der Waals surface area (Å²) < 4.78 is 7.41. The lowest BCUT2D eigenvalue weighted by Crippen LogP contribution is -2.30. The fourth-order valence-electron chi connectivity index (χ4n) is 3.79. The summed E-state index contributed by atoms with van der Waals surface area (Å²) in [6.07, 6.45) is 1.34. The molecule has 0 radical (unpaired) electrons. The maximum atomic E-state index is 13.1. The average molecular weight is 365 g/mol. The van der Waals surface area contributed by atoms with Gasteiger partial charge in [-0.05, 0) is 44.5 Å². The van der Waals surface area contributed by atoms with E-state index >= 15 is 0 Å². The molecule has 1 aromatic carbocycles. The second-order valence-corrected chi connectivity index (χ2v) is 7.12. The quantitative estimate of drug-likeness (QED) is 0.770. The Kier molecular flexibility index (Phi) is 4.26. The SMILES string of the molecule is Cc1ccc2c(c1)c(N1CCCC1=O)c(C(=O)NCc1ccc(C)o1)n2C. The van der Waals surface area contributed by atoms with Crippen molar-refractivity contribution in [2.75, 3.05) is 11.4 Å². The van der Waals surface area contributed by atoms with Crippen LogP contribution in [0.1, 0.15) is 40.4 Å². The molecule has 1 aliphatic rings. The first-order chi connectivity index (χ1) is 13.0. The summed E-state index contributed by atoms with van der Waals surface area (Å²) in [7, 11) is 1.87. The number of aromatic nitrogens is 1. The second kappa shape index (κ2) is 6.61. The Morgan fingerprint density at radius 3 is 2.70 bits per heavy atom. The summed E-state index contributed by atoms with van der Waals surface area (Å²) in [6, 6.07) is 9.79. The Hall–Kier alpha value is -3.02. The van der Waals surface area contributed by atoms with Gasteiger partial charge < -0.3 is 19.2 Å². The summed E-state index contributed by atoms with van der Waals surface area (Å²) in [4.78, 5) is 27.3. The Balaban J connectivity index is 1.77. The van der Waals surface area contributed by atoms with E-state index in [0.29, 0.717) is 36.7 Å². The number of amides is 2. The van der Waals surface area contributed by atoms with Gasteiger partial charge in [-0.15, -0.1) is 0 Å². The number of aryl methyl sites for hydroxylation is 3. The highest BCUT2D eigenvalue weighted by atomic mass is 16.3. The van der Waals surface area contributed by atoms with Crippen molar-refractivity contribution in [1.29, 1.82) is 0 Å². The van der Waals surface area contributed by atoms with Gasteiger partial charge in [-0.3, -0.25) is 9.59 Å². The van der Waals surface area contributed by atoms with Crippen molar-refractivity contribution in [2.24, 2.45) is 7.05 Å². The molecular weight excluding hydrogens is 342 g/mol. The van der Waals surface area contributed by atoms with E-state index in [1.807, 2.05) is 55.8 Å². The molecule has 0 saturated carbocycles. The van der Waals surface area contributed by atoms with Gasteiger partial charge in [-0.25, -0.2) is 0 Å². The van der Waals surface area contributed by atoms with Crippen molar-refractivity contribution in [3.8, 4) is 0 Å². The van der Waals surface area contributed by atoms with Crippen LogP contribution in [0.4, 0.5) is 5.69 Å². The van der Waals surface area contributed by atoms with E-state index in [-0.39, 0.29) is 11.8 Å². The van der Waals surface area contributed by atoms with Crippen LogP contribution in [0.2, 0.25) is 0 Å². The van der Waals surface area contributed by atoms with E-state index < -0.39 is 0 Å². The van der Waals surface area contributed by atoms with Gasteiger partial charge in [0.15, 0.2) is 0 Å². The number of carbonyl (C=O) groups is 2. The van der Waals surface area contributed by atoms with E-state index in [2.05, 4.69) is 5.32 Å². The predicted molar refractivity (Wildman–Crippen MR) is 104 cm³/mol. The first kappa shape index (κ1) is 17.4. The van der Waals surface area contributed by atoms with Crippen molar-refractivity contribution in [1.82, 2.24) is 9.88 Å². The van der Waals surface area contributed by atoms with E-state index in [1.54, 1.807) is 4.90 Å². The molecule has 1 aliphatic heterocycles. The molecule has 1 saturated heterocycles. The van der Waals surface area contributed by atoms with Crippen LogP contribution in [0.25, 0.3) is 10.9 Å². The van der Waals surface area contributed by atoms with Crippen molar-refractivity contribution in [2.45, 2.75) is 33.2 Å². The van der Waals surface area contributed by atoms with Gasteiger partial charge in [0.2, 0.25) is 5.91 Å². The van der Waals surface area contributed by atoms with Crippen molar-refractivity contribution in [3.63, 3.8) is 0 Å². The number of nitrogens with zero attached hydrogens (tertiary/aromatic N) is 2. The van der Waals surface area contributed by atoms with Crippen molar-refractivity contribution in [3.05, 3.63) is 53.1 Å². The minimum absolute atomic E-state index is 0.0692. The number of carbonyl (C=O) groups excluding carboxylic acids is 2. The fourth-order valence-corrected chi connectivity index (χ4v) is 3.79. The standard InChI is InChI=1S/C21H23N3O3/c1-13-6-9-17-16(11-13)19(24-10-4-5-18(24)25)20(23(17)3)21(26)22-12-15-8-7-14(2)27-15/h6-9,11H,4-5,10,12H2,1-3H3,(H,22,26). The Labute approximate surface area is 157 Å². The maximum absolute atomic E-state index is 13.1. The summed E-state index contributed by atoms with van der Waals surface area (Å²) in [6.45, 7) is 4.83. The average Bonchev–Trinajstić information content (AvgIpc) is 3.31. The zero-order valence-electron chi connectivity index (χ0n) is 15.8. The lowest BCUT2D eigenvalue weighted by molar-refractivity contribution is -0.117. The van der Waals surface area contributed by atoms with Gasteiger partial charge in [-0.1, -0.05) is 11.6 Å². The third kappa shape index (κ3) is 3.01. The molecule has 2 amide bonds. The minimum atomic E-state index is -0.213. The lowest BCUT2D eigenvalue weighted by Gasteiger charge is -2.17. The first-order valence-corrected chi connectivity index (χ1v) is 9.18. The van der Waals surface area contributed by atoms with Gasteiger partial charge in [0.25, 0.3) is 5.91 Å². The number of fused-ring (bicyclic) bond motifs is 1. The number of hydrogen-bond donors (Lipinski definition) is 1. The third-order valence-electron chi connectivity index (χ3n) is 5.11. The van der Waals surface area contributed by atoms with E-state index in [4.69, 9.17) is 4.42 Å². The molecule has 27 heavy (non-hydrogen) atoms. The zero-order valence-corrected chi connectivity index (χ0v) is 15.8. The fraction of sp³-hybridized carbons (Fsp3) is 0.333. The molecule has 140 valence electrons. The van der Waals surface area contributed by atoms with Gasteiger partial charge in [0.05, 0.1) is 17.7 Å². The highest BCUT2D eigenvalue weighted by molar-refractivity contribution is 6.14. The predicted octanol–water partition coefficient (Wildman–Crippen LogP) is 3.44. The zero-order chi connectivity index (χ0) is 19.1. The van der Waals surface area contributed by atoms with Crippen molar-refractivity contribution < 1.29 is 14.0 Å². The topological polar surface area (TPSA) is 67.5 Å². The normalized spacial score (nSPS) is 14.3. The molecule has 0 aliphatic carbocycles. The van der Waals surface area contributed by atoms with Crippen LogP contribution in [0.5, 0.6) is 0 Å². The summed E-state index contributed by atoms with van der Waals surface area (Å²) in [5.41, 5.74) is 3.26. The van der Waals surface area contributed by atoms with Crippen LogP contribution in [-0.2, 0) is 18.4 Å². The highest BCUT2D eigenvalue weighted by Crippen LogP contribution is 2.36. The lowest BCUT2D eigenvalue weighted by atomic mass is 10.1. The van der Waals surface area contributed by atoms with Crippen LogP contribution in [0.15, 0.2) is 34.7 Å². The molecule has 1 fully saturated rings. The number of anilines is 1. The Bertz CT molecular complexity index is 1040. The maximum Gasteiger partial charge on any atom is 0.270 e. The summed E-state index contributed by atoms with van der Waals surface area (Å²) >= 11 is 0. The third-order valence-corrected chi connectivity index (χ3v) is 5.11. The molecule has 0 spiro atoms. The van der Waals surface area contributed by atoms with E-state index in [9.17, 15) is 9.59 Å². The molecule has 1 N–H and O–H groups in total. The van der Waals surface area contributed by atoms with Gasteiger partial charge in [-0.2, -0.15) is 0 Å². The summed E-state index contributed by atoms with van der Waals surface area (Å²) in [5.74, 6) is 1.37. The van der Waals surface area contributed by atoms with Gasteiger partial charge in [0.1, 0.15) is 17.2 Å². The highest BCUT2D eigenvalue weighted by Gasteiger charge is 2.31. The smallest absolute Gasteiger partial charge is 0.270 e. The number of rotatable bonds is 4.